The predicted octanol–water partition coefficient (Wildman–Crippen LogP) is -0.646. The smallest absolute Gasteiger partial charge is 0.337 e. The first kappa shape index (κ1) is 12.4. The molecule has 0 saturated heterocycles. The third-order valence-electron chi connectivity index (χ3n) is 2.24. The third-order valence-corrected chi connectivity index (χ3v) is 2.24. The molecule has 2 unspecified atom stereocenters. The molecule has 1 rings (SSSR count). The van der Waals surface area contributed by atoms with Crippen molar-refractivity contribution in [1.29, 1.82) is 0 Å². The number of anilines is 1. The molecule has 1 aromatic rings. The van der Waals surface area contributed by atoms with Gasteiger partial charge in [0.05, 0.1) is 17.9 Å². The van der Waals surface area contributed by atoms with Gasteiger partial charge in [0.15, 0.2) is 0 Å². The molecule has 0 aliphatic rings. The molecule has 88 valence electrons. The number of aliphatic hydroxyl groups excluding tert-OH is 3. The summed E-state index contributed by atoms with van der Waals surface area (Å²) in [6.45, 7) is -0.641. The van der Waals surface area contributed by atoms with Crippen LogP contribution in [0, 0.1) is 0 Å². The number of carbonyl (C=O) groups is 1. The van der Waals surface area contributed by atoms with E-state index in [1.165, 1.54) is 18.2 Å². The van der Waals surface area contributed by atoms with Crippen molar-refractivity contribution < 1.29 is 25.2 Å². The highest BCUT2D eigenvalue weighted by Gasteiger charge is 2.22. The molecule has 0 heterocycles. The van der Waals surface area contributed by atoms with Crippen molar-refractivity contribution in [2.75, 3.05) is 12.3 Å². The summed E-state index contributed by atoms with van der Waals surface area (Å²) in [5.74, 6) is -1.22. The summed E-state index contributed by atoms with van der Waals surface area (Å²) in [4.78, 5) is 10.8. The fourth-order valence-corrected chi connectivity index (χ4v) is 1.33. The van der Waals surface area contributed by atoms with Crippen LogP contribution in [-0.4, -0.2) is 39.1 Å². The van der Waals surface area contributed by atoms with E-state index >= 15 is 0 Å². The van der Waals surface area contributed by atoms with Gasteiger partial charge in [0.25, 0.3) is 0 Å². The second-order valence-electron chi connectivity index (χ2n) is 3.31. The van der Waals surface area contributed by atoms with Crippen molar-refractivity contribution in [3.05, 3.63) is 29.3 Å². The van der Waals surface area contributed by atoms with Crippen LogP contribution in [0.2, 0.25) is 0 Å². The molecule has 0 bridgehead atoms. The van der Waals surface area contributed by atoms with Crippen molar-refractivity contribution >= 4 is 11.7 Å². The lowest BCUT2D eigenvalue weighted by molar-refractivity contribution is -0.0149. The van der Waals surface area contributed by atoms with E-state index in [2.05, 4.69) is 0 Å². The van der Waals surface area contributed by atoms with E-state index in [1.54, 1.807) is 0 Å². The lowest BCUT2D eigenvalue weighted by atomic mass is 9.99. The Balaban J connectivity index is 3.15. The number of carboxylic acid groups (broad SMARTS) is 1. The minimum absolute atomic E-state index is 0.0847. The number of benzene rings is 1. The van der Waals surface area contributed by atoms with E-state index in [1.807, 2.05) is 0 Å². The number of aromatic carboxylic acids is 1. The Morgan fingerprint density at radius 3 is 2.50 bits per heavy atom. The molecule has 6 nitrogen and oxygen atoms in total. The van der Waals surface area contributed by atoms with Gasteiger partial charge in [-0.15, -0.1) is 0 Å². The fraction of sp³-hybridized carbons (Fsp3) is 0.300. The van der Waals surface area contributed by atoms with Crippen LogP contribution in [0.25, 0.3) is 0 Å². The molecular weight excluding hydrogens is 214 g/mol. The molecule has 2 atom stereocenters. The van der Waals surface area contributed by atoms with Crippen LogP contribution in [0.1, 0.15) is 22.0 Å². The first-order valence-corrected chi connectivity index (χ1v) is 4.57. The zero-order chi connectivity index (χ0) is 12.3. The Bertz CT molecular complexity index is 393. The van der Waals surface area contributed by atoms with E-state index in [9.17, 15) is 15.0 Å². The summed E-state index contributed by atoms with van der Waals surface area (Å²) < 4.78 is 0. The summed E-state index contributed by atoms with van der Waals surface area (Å²) in [7, 11) is 0. The molecule has 0 aromatic heterocycles. The van der Waals surface area contributed by atoms with Gasteiger partial charge in [-0.25, -0.2) is 4.79 Å². The molecule has 0 saturated carbocycles. The van der Waals surface area contributed by atoms with Crippen molar-refractivity contribution in [2.24, 2.45) is 0 Å². The molecule has 0 spiro atoms. The predicted molar refractivity (Wildman–Crippen MR) is 55.9 cm³/mol. The summed E-state index contributed by atoms with van der Waals surface area (Å²) in [6, 6.07) is 4.09. The highest BCUT2D eigenvalue weighted by Crippen LogP contribution is 2.26. The second kappa shape index (κ2) is 4.93. The van der Waals surface area contributed by atoms with Crippen LogP contribution in [-0.2, 0) is 0 Å². The van der Waals surface area contributed by atoms with Crippen molar-refractivity contribution in [1.82, 2.24) is 0 Å². The number of nitrogen functional groups attached to an aromatic ring is 1. The molecule has 16 heavy (non-hydrogen) atoms. The zero-order valence-corrected chi connectivity index (χ0v) is 8.37. The number of para-hydroxylation sites is 1. The van der Waals surface area contributed by atoms with Crippen molar-refractivity contribution in [3.8, 4) is 0 Å². The van der Waals surface area contributed by atoms with Crippen LogP contribution in [0.4, 0.5) is 5.69 Å². The number of carboxylic acids is 1. The van der Waals surface area contributed by atoms with Crippen LogP contribution < -0.4 is 5.73 Å². The standard InChI is InChI=1S/C10H13NO5/c11-8-5(9(14)7(13)4-12)2-1-3-6(8)10(15)16/h1-3,7,9,12-14H,4,11H2,(H,15,16). The second-order valence-corrected chi connectivity index (χ2v) is 3.31. The summed E-state index contributed by atoms with van der Waals surface area (Å²) >= 11 is 0. The van der Waals surface area contributed by atoms with Crippen LogP contribution in [0.15, 0.2) is 18.2 Å². The van der Waals surface area contributed by atoms with Gasteiger partial charge in [0.2, 0.25) is 0 Å². The number of aliphatic hydroxyl groups is 3. The topological polar surface area (TPSA) is 124 Å². The van der Waals surface area contributed by atoms with Gasteiger partial charge < -0.3 is 26.2 Å². The van der Waals surface area contributed by atoms with Gasteiger partial charge in [-0.3, -0.25) is 0 Å². The van der Waals surface area contributed by atoms with Crippen LogP contribution in [0.5, 0.6) is 0 Å². The normalized spacial score (nSPS) is 14.4. The molecule has 0 amide bonds. The molecule has 6 heteroatoms. The first-order chi connectivity index (χ1) is 7.49. The molecule has 6 N–H and O–H groups in total. The average Bonchev–Trinajstić information content (AvgIpc) is 2.27. The van der Waals surface area contributed by atoms with Crippen LogP contribution in [0.3, 0.4) is 0 Å². The number of nitrogens with two attached hydrogens (primary N) is 1. The largest absolute Gasteiger partial charge is 0.478 e. The SMILES string of the molecule is Nc1c(C(=O)O)cccc1C(O)C(O)CO. The summed E-state index contributed by atoms with van der Waals surface area (Å²) in [5.41, 5.74) is 5.36. The van der Waals surface area contributed by atoms with Gasteiger partial charge in [0.1, 0.15) is 12.2 Å². The summed E-state index contributed by atoms with van der Waals surface area (Å²) in [6.07, 6.45) is -2.81. The first-order valence-electron chi connectivity index (χ1n) is 4.57. The Labute approximate surface area is 91.6 Å². The van der Waals surface area contributed by atoms with Gasteiger partial charge in [-0.2, -0.15) is 0 Å². The van der Waals surface area contributed by atoms with E-state index in [0.29, 0.717) is 0 Å². The maximum atomic E-state index is 10.8. The lowest BCUT2D eigenvalue weighted by Gasteiger charge is -2.18. The molecule has 0 radical (unpaired) electrons. The maximum absolute atomic E-state index is 10.8. The average molecular weight is 227 g/mol. The highest BCUT2D eigenvalue weighted by atomic mass is 16.4. The Morgan fingerprint density at radius 2 is 2.00 bits per heavy atom. The Hall–Kier alpha value is -1.63. The minimum atomic E-state index is -1.41. The van der Waals surface area contributed by atoms with Gasteiger partial charge in [0, 0.05) is 5.56 Å². The lowest BCUT2D eigenvalue weighted by Crippen LogP contribution is -2.23. The van der Waals surface area contributed by atoms with Gasteiger partial charge in [-0.05, 0) is 6.07 Å². The van der Waals surface area contributed by atoms with Crippen LogP contribution >= 0.6 is 0 Å². The molecule has 0 fully saturated rings. The molecule has 0 aliphatic heterocycles. The Morgan fingerprint density at radius 1 is 1.38 bits per heavy atom. The summed E-state index contributed by atoms with van der Waals surface area (Å²) in [5, 5.41) is 36.3. The fourth-order valence-electron chi connectivity index (χ4n) is 1.33. The van der Waals surface area contributed by atoms with Crippen molar-refractivity contribution in [2.45, 2.75) is 12.2 Å². The van der Waals surface area contributed by atoms with E-state index < -0.39 is 24.8 Å². The zero-order valence-electron chi connectivity index (χ0n) is 8.37. The third kappa shape index (κ3) is 2.30. The Kier molecular flexibility index (Phi) is 3.83. The quantitative estimate of drug-likeness (QED) is 0.435. The number of hydrogen-bond acceptors (Lipinski definition) is 5. The number of rotatable bonds is 4. The van der Waals surface area contributed by atoms with E-state index in [0.717, 1.165) is 0 Å². The minimum Gasteiger partial charge on any atom is -0.478 e. The maximum Gasteiger partial charge on any atom is 0.337 e. The molecule has 0 aliphatic carbocycles. The highest BCUT2D eigenvalue weighted by molar-refractivity contribution is 5.94. The van der Waals surface area contributed by atoms with Gasteiger partial charge >= 0.3 is 5.97 Å². The number of hydrogen-bond donors (Lipinski definition) is 5. The van der Waals surface area contributed by atoms with E-state index in [-0.39, 0.29) is 16.8 Å². The van der Waals surface area contributed by atoms with Crippen molar-refractivity contribution in [3.63, 3.8) is 0 Å². The van der Waals surface area contributed by atoms with Gasteiger partial charge in [-0.1, -0.05) is 12.1 Å². The van der Waals surface area contributed by atoms with E-state index in [4.69, 9.17) is 15.9 Å². The molecular formula is C10H13NO5. The monoisotopic (exact) mass is 227 g/mol. The molecule has 1 aromatic carbocycles.